The van der Waals surface area contributed by atoms with Gasteiger partial charge in [0.05, 0.1) is 32.5 Å². The number of cyclic esters (lactones) is 1. The fraction of sp³-hybridized carbons (Fsp3) is 0.857. The number of unbranched alkanes of at least 4 members (excludes halogenated alkanes) is 1. The molecule has 4 saturated heterocycles. The van der Waals surface area contributed by atoms with E-state index in [1.54, 1.807) is 0 Å². The molecule has 0 aromatic heterocycles. The molecule has 2 spiro atoms. The number of rotatable bonds is 16. The maximum atomic E-state index is 13.3. The summed E-state index contributed by atoms with van der Waals surface area (Å²) in [5.74, 6) is 1.08. The zero-order valence-electron chi connectivity index (χ0n) is 28.7. The van der Waals surface area contributed by atoms with E-state index in [4.69, 9.17) is 37.9 Å². The summed E-state index contributed by atoms with van der Waals surface area (Å²) in [5, 5.41) is 3.59. The molecule has 8 rings (SSSR count). The van der Waals surface area contributed by atoms with Crippen LogP contribution in [0.4, 0.5) is 4.79 Å². The molecule has 14 heteroatoms. The molecule has 5 aliphatic heterocycles. The third kappa shape index (κ3) is 5.48. The average Bonchev–Trinajstić information content (AvgIpc) is 4.02. The van der Waals surface area contributed by atoms with E-state index in [1.165, 1.54) is 18.6 Å². The van der Waals surface area contributed by atoms with E-state index in [2.05, 4.69) is 26.1 Å². The van der Waals surface area contributed by atoms with E-state index in [0.29, 0.717) is 45.9 Å². The zero-order valence-corrected chi connectivity index (χ0v) is 30.3. The molecule has 0 bridgehead atoms. The first-order valence-electron chi connectivity index (χ1n) is 18.2. The number of carbonyl (C=O) groups is 3. The molecule has 3 aliphatic carbocycles. The average molecular weight is 724 g/mol. The van der Waals surface area contributed by atoms with Gasteiger partial charge in [-0.3, -0.25) is 4.79 Å². The predicted octanol–water partition coefficient (Wildman–Crippen LogP) is 4.13. The quantitative estimate of drug-likeness (QED) is 0.0802. The molecule has 12 nitrogen and oxygen atoms in total. The van der Waals surface area contributed by atoms with E-state index in [9.17, 15) is 14.4 Å². The minimum absolute atomic E-state index is 0.0838. The summed E-state index contributed by atoms with van der Waals surface area (Å²) in [7, 11) is 3.92. The Morgan fingerprint density at radius 3 is 2.65 bits per heavy atom. The highest BCUT2D eigenvalue weighted by Gasteiger charge is 3.01. The van der Waals surface area contributed by atoms with Crippen LogP contribution in [-0.4, -0.2) is 116 Å². The van der Waals surface area contributed by atoms with E-state index >= 15 is 0 Å². The van der Waals surface area contributed by atoms with Crippen molar-refractivity contribution in [2.45, 2.75) is 119 Å². The summed E-state index contributed by atoms with van der Waals surface area (Å²) in [6.07, 6.45) is 5.39. The summed E-state index contributed by atoms with van der Waals surface area (Å²) < 4.78 is 48.1. The standard InChI is InChI=1S/C35H49NO11S2/c1-20(2)33-27(46-33)28-35(47-28)32(3)10-8-22-23(19-43-29(22)38)24(32)18-25-34(35,45-25)30(33)44-31(39)36-11-12-40-13-14-41-15-16-42-26(37)7-5-4-6-21-9-17-48-49-21/h20-21,24-25,27-28,30H,4-19H2,1-3H3,(H,36,39)/t21?,24-,25-,27-,28-,30+,32-,33-,34+,35+/m0/s1. The van der Waals surface area contributed by atoms with Crippen molar-refractivity contribution in [2.75, 3.05) is 51.9 Å². The molecule has 1 N–H and O–H groups in total. The van der Waals surface area contributed by atoms with E-state index in [0.717, 1.165) is 42.1 Å². The van der Waals surface area contributed by atoms with E-state index < -0.39 is 29.0 Å². The van der Waals surface area contributed by atoms with Crippen LogP contribution in [0.15, 0.2) is 11.1 Å². The smallest absolute Gasteiger partial charge is 0.407 e. The SMILES string of the molecule is CC(C)[C@]12O[C@H]1[C@@H]1O[C@]13[C@]1(O[C@H]1C[C@H]1C4=C(CC[C@@]13C)C(=O)OC4)[C@@H]2OC(=O)NCCOCCOCCOC(=O)CCCCC1CCSS1. The number of amides is 1. The van der Waals surface area contributed by atoms with Crippen LogP contribution >= 0.6 is 21.6 Å². The fourth-order valence-electron chi connectivity index (χ4n) is 10.0. The van der Waals surface area contributed by atoms with Crippen LogP contribution in [0.25, 0.3) is 0 Å². The molecule has 0 radical (unpaired) electrons. The van der Waals surface area contributed by atoms with Crippen molar-refractivity contribution in [3.8, 4) is 0 Å². The highest BCUT2D eigenvalue weighted by atomic mass is 33.1. The van der Waals surface area contributed by atoms with Crippen LogP contribution < -0.4 is 5.32 Å². The number of alkyl carbamates (subject to hydrolysis) is 1. The first-order valence-corrected chi connectivity index (χ1v) is 20.5. The van der Waals surface area contributed by atoms with Crippen molar-refractivity contribution in [1.82, 2.24) is 5.32 Å². The Hall–Kier alpha value is -1.55. The van der Waals surface area contributed by atoms with Gasteiger partial charge in [0.15, 0.2) is 11.7 Å². The predicted molar refractivity (Wildman–Crippen MR) is 179 cm³/mol. The third-order valence-corrected chi connectivity index (χ3v) is 15.6. The van der Waals surface area contributed by atoms with Crippen molar-refractivity contribution in [3.05, 3.63) is 11.1 Å². The second-order valence-corrected chi connectivity index (χ2v) is 18.0. The molecule has 8 aliphatic rings. The lowest BCUT2D eigenvalue weighted by Gasteiger charge is -2.53. The van der Waals surface area contributed by atoms with E-state index in [1.807, 2.05) is 21.6 Å². The Kier molecular flexibility index (Phi) is 9.26. The van der Waals surface area contributed by atoms with Crippen LogP contribution in [0.5, 0.6) is 0 Å². The van der Waals surface area contributed by atoms with Gasteiger partial charge in [-0.05, 0) is 55.9 Å². The van der Waals surface area contributed by atoms with Crippen molar-refractivity contribution >= 4 is 39.6 Å². The van der Waals surface area contributed by atoms with Gasteiger partial charge in [0.1, 0.15) is 36.6 Å². The van der Waals surface area contributed by atoms with Crippen LogP contribution in [0, 0.1) is 17.3 Å². The van der Waals surface area contributed by atoms with Crippen molar-refractivity contribution in [1.29, 1.82) is 0 Å². The van der Waals surface area contributed by atoms with Crippen LogP contribution in [0.2, 0.25) is 0 Å². The van der Waals surface area contributed by atoms with Crippen LogP contribution in [0.1, 0.15) is 72.1 Å². The summed E-state index contributed by atoms with van der Waals surface area (Å²) in [4.78, 5) is 37.6. The number of hydrogen-bond acceptors (Lipinski definition) is 13. The Balaban J connectivity index is 0.768. The lowest BCUT2D eigenvalue weighted by atomic mass is 9.46. The molecule has 0 aromatic rings. The van der Waals surface area contributed by atoms with Crippen molar-refractivity contribution in [2.24, 2.45) is 17.3 Å². The van der Waals surface area contributed by atoms with Crippen LogP contribution in [0.3, 0.4) is 0 Å². The Morgan fingerprint density at radius 2 is 1.86 bits per heavy atom. The van der Waals surface area contributed by atoms with Gasteiger partial charge >= 0.3 is 18.0 Å². The molecule has 1 unspecified atom stereocenters. The highest BCUT2D eigenvalue weighted by molar-refractivity contribution is 8.77. The first-order chi connectivity index (χ1) is 23.7. The summed E-state index contributed by atoms with van der Waals surface area (Å²) in [6, 6.07) is 0. The molecule has 0 aromatic carbocycles. The number of ether oxygens (including phenoxy) is 8. The Labute approximate surface area is 295 Å². The molecular formula is C35H49NO11S2. The van der Waals surface area contributed by atoms with Gasteiger partial charge in [0, 0.05) is 35.0 Å². The number of esters is 2. The van der Waals surface area contributed by atoms with E-state index in [-0.39, 0.29) is 60.7 Å². The fourth-order valence-corrected chi connectivity index (χ4v) is 13.1. The minimum Gasteiger partial charge on any atom is -0.463 e. The molecule has 2 saturated carbocycles. The molecule has 49 heavy (non-hydrogen) atoms. The molecule has 5 heterocycles. The third-order valence-electron chi connectivity index (χ3n) is 12.6. The number of fused-ring (bicyclic) bond motifs is 4. The molecular weight excluding hydrogens is 675 g/mol. The summed E-state index contributed by atoms with van der Waals surface area (Å²) in [6.45, 7) is 8.63. The number of epoxide rings is 3. The topological polar surface area (TPSA) is 147 Å². The number of carbonyl (C=O) groups excluding carboxylic acids is 3. The Bertz CT molecular complexity index is 1370. The van der Waals surface area contributed by atoms with Gasteiger partial charge in [-0.1, -0.05) is 48.8 Å². The molecule has 10 atom stereocenters. The second-order valence-electron chi connectivity index (χ2n) is 15.2. The van der Waals surface area contributed by atoms with Gasteiger partial charge in [0.25, 0.3) is 0 Å². The van der Waals surface area contributed by atoms with Crippen LogP contribution in [-0.2, 0) is 47.5 Å². The normalized spacial score (nSPS) is 41.8. The van der Waals surface area contributed by atoms with Gasteiger partial charge in [-0.15, -0.1) is 0 Å². The maximum Gasteiger partial charge on any atom is 0.407 e. The second kappa shape index (κ2) is 13.1. The summed E-state index contributed by atoms with van der Waals surface area (Å²) in [5.41, 5.74) is -0.459. The van der Waals surface area contributed by atoms with Gasteiger partial charge < -0.3 is 43.2 Å². The largest absolute Gasteiger partial charge is 0.463 e. The monoisotopic (exact) mass is 723 g/mol. The molecule has 6 fully saturated rings. The molecule has 272 valence electrons. The lowest BCUT2D eigenvalue weighted by molar-refractivity contribution is -0.145. The minimum atomic E-state index is -0.783. The Morgan fingerprint density at radius 1 is 1.04 bits per heavy atom. The van der Waals surface area contributed by atoms with Gasteiger partial charge in [-0.2, -0.15) is 0 Å². The van der Waals surface area contributed by atoms with Crippen molar-refractivity contribution in [3.63, 3.8) is 0 Å². The summed E-state index contributed by atoms with van der Waals surface area (Å²) >= 11 is 0. The lowest BCUT2D eigenvalue weighted by Crippen LogP contribution is -2.70. The molecule has 1 amide bonds. The number of nitrogens with one attached hydrogen (secondary N) is 1. The van der Waals surface area contributed by atoms with Gasteiger partial charge in [-0.25, -0.2) is 9.59 Å². The zero-order chi connectivity index (χ0) is 34.0. The first kappa shape index (κ1) is 34.5. The maximum absolute atomic E-state index is 13.3. The van der Waals surface area contributed by atoms with Crippen molar-refractivity contribution < 1.29 is 52.3 Å². The van der Waals surface area contributed by atoms with Gasteiger partial charge in [0.2, 0.25) is 0 Å². The highest BCUT2D eigenvalue weighted by Crippen LogP contribution is 2.83. The number of hydrogen-bond donors (Lipinski definition) is 1.